The lowest BCUT2D eigenvalue weighted by Gasteiger charge is -2.15. The average Bonchev–Trinajstić information content (AvgIpc) is 2.26. The molecule has 1 aromatic heterocycles. The van der Waals surface area contributed by atoms with E-state index in [2.05, 4.69) is 9.97 Å². The Morgan fingerprint density at radius 2 is 2.19 bits per heavy atom. The predicted octanol–water partition coefficient (Wildman–Crippen LogP) is 1.66. The maximum absolute atomic E-state index is 12.5. The van der Waals surface area contributed by atoms with Gasteiger partial charge >= 0.3 is 12.3 Å². The fourth-order valence-corrected chi connectivity index (χ4v) is 0.780. The van der Waals surface area contributed by atoms with Crippen molar-refractivity contribution in [2.45, 2.75) is 12.3 Å². The number of hydrogen-bond donors (Lipinski definition) is 1. The van der Waals surface area contributed by atoms with Crippen LogP contribution in [0.5, 0.6) is 0 Å². The Hall–Kier alpha value is -1.91. The normalized spacial score (nSPS) is 11.2. The Labute approximate surface area is 87.9 Å². The van der Waals surface area contributed by atoms with Gasteiger partial charge in [-0.15, -0.1) is 0 Å². The molecule has 0 aromatic carbocycles. The molecule has 0 aliphatic rings. The van der Waals surface area contributed by atoms with Gasteiger partial charge in [0.1, 0.15) is 11.8 Å². The van der Waals surface area contributed by atoms with E-state index in [4.69, 9.17) is 5.26 Å². The van der Waals surface area contributed by atoms with E-state index in [1.807, 2.05) is 5.32 Å². The molecule has 1 heterocycles. The van der Waals surface area contributed by atoms with E-state index in [-0.39, 0.29) is 11.6 Å². The summed E-state index contributed by atoms with van der Waals surface area (Å²) in [4.78, 5) is 6.99. The second-order valence-corrected chi connectivity index (χ2v) is 2.79. The highest BCUT2D eigenvalue weighted by Gasteiger charge is 2.40. The first-order chi connectivity index (χ1) is 7.45. The van der Waals surface area contributed by atoms with Crippen molar-refractivity contribution in [2.24, 2.45) is 0 Å². The van der Waals surface area contributed by atoms with Crippen LogP contribution in [-0.4, -0.2) is 28.9 Å². The highest BCUT2D eigenvalue weighted by atomic mass is 19.3. The Morgan fingerprint density at radius 1 is 1.50 bits per heavy atom. The molecule has 0 spiro atoms. The number of halogens is 4. The Balaban J connectivity index is 2.65. The Morgan fingerprint density at radius 3 is 2.75 bits per heavy atom. The molecule has 86 valence electrons. The van der Waals surface area contributed by atoms with Gasteiger partial charge in [0.15, 0.2) is 0 Å². The summed E-state index contributed by atoms with van der Waals surface area (Å²) in [5.41, 5.74) is -0.0436. The number of rotatable bonds is 4. The SMILES string of the molecule is N#Cc1ccnc(NCC(F)(F)C(F)F)n1. The summed E-state index contributed by atoms with van der Waals surface area (Å²) in [6.45, 7) is -1.29. The van der Waals surface area contributed by atoms with Crippen molar-refractivity contribution in [2.75, 3.05) is 11.9 Å². The smallest absolute Gasteiger partial charge is 0.324 e. The first-order valence-electron chi connectivity index (χ1n) is 4.08. The first kappa shape index (κ1) is 12.2. The molecule has 0 amide bonds. The van der Waals surface area contributed by atoms with Crippen LogP contribution < -0.4 is 5.32 Å². The molecule has 1 rings (SSSR count). The van der Waals surface area contributed by atoms with Crippen LogP contribution in [0.2, 0.25) is 0 Å². The van der Waals surface area contributed by atoms with E-state index in [0.717, 1.165) is 6.20 Å². The largest absolute Gasteiger partial charge is 0.348 e. The van der Waals surface area contributed by atoms with Gasteiger partial charge in [-0.25, -0.2) is 18.7 Å². The highest BCUT2D eigenvalue weighted by Crippen LogP contribution is 2.22. The second-order valence-electron chi connectivity index (χ2n) is 2.79. The van der Waals surface area contributed by atoms with Crippen molar-refractivity contribution in [3.05, 3.63) is 18.0 Å². The topological polar surface area (TPSA) is 61.6 Å². The van der Waals surface area contributed by atoms with Gasteiger partial charge in [-0.2, -0.15) is 14.0 Å². The molecule has 0 fully saturated rings. The van der Waals surface area contributed by atoms with E-state index >= 15 is 0 Å². The second kappa shape index (κ2) is 4.74. The van der Waals surface area contributed by atoms with Crippen LogP contribution in [0.3, 0.4) is 0 Å². The van der Waals surface area contributed by atoms with Gasteiger partial charge in [0.05, 0.1) is 6.54 Å². The predicted molar refractivity (Wildman–Crippen MR) is 46.2 cm³/mol. The van der Waals surface area contributed by atoms with Crippen molar-refractivity contribution in [1.29, 1.82) is 5.26 Å². The van der Waals surface area contributed by atoms with Crippen LogP contribution in [0.15, 0.2) is 12.3 Å². The van der Waals surface area contributed by atoms with Gasteiger partial charge < -0.3 is 5.32 Å². The Kier molecular flexibility index (Phi) is 3.60. The van der Waals surface area contributed by atoms with Crippen molar-refractivity contribution < 1.29 is 17.6 Å². The zero-order valence-electron chi connectivity index (χ0n) is 7.79. The van der Waals surface area contributed by atoms with E-state index in [0.29, 0.717) is 0 Å². The molecule has 0 atom stereocenters. The number of anilines is 1. The number of alkyl halides is 4. The summed E-state index contributed by atoms with van der Waals surface area (Å²) in [7, 11) is 0. The van der Waals surface area contributed by atoms with Crippen molar-refractivity contribution >= 4 is 5.95 Å². The van der Waals surface area contributed by atoms with Crippen LogP contribution in [0, 0.1) is 11.3 Å². The Bertz CT molecular complexity index is 401. The quantitative estimate of drug-likeness (QED) is 0.805. The zero-order chi connectivity index (χ0) is 12.2. The maximum atomic E-state index is 12.5. The maximum Gasteiger partial charge on any atom is 0.324 e. The standard InChI is InChI=1S/C8H6F4N4/c9-6(10)8(11,12)4-15-7-14-2-1-5(3-13)16-7/h1-2,6H,4H2,(H,14,15,16). The monoisotopic (exact) mass is 234 g/mol. The van der Waals surface area contributed by atoms with Gasteiger partial charge in [0, 0.05) is 6.20 Å². The lowest BCUT2D eigenvalue weighted by molar-refractivity contribution is -0.117. The molecule has 0 radical (unpaired) electrons. The summed E-state index contributed by atoms with van der Waals surface area (Å²) in [6, 6.07) is 2.92. The van der Waals surface area contributed by atoms with Gasteiger partial charge in [-0.05, 0) is 6.07 Å². The molecular formula is C8H6F4N4. The molecule has 1 aromatic rings. The number of aromatic nitrogens is 2. The number of nitrogens with zero attached hydrogens (tertiary/aromatic N) is 3. The molecule has 8 heteroatoms. The summed E-state index contributed by atoms with van der Waals surface area (Å²) in [5, 5.41) is 10.4. The van der Waals surface area contributed by atoms with Crippen molar-refractivity contribution in [1.82, 2.24) is 9.97 Å². The van der Waals surface area contributed by atoms with E-state index in [1.165, 1.54) is 6.07 Å². The lowest BCUT2D eigenvalue weighted by atomic mass is 10.3. The fraction of sp³-hybridized carbons (Fsp3) is 0.375. The van der Waals surface area contributed by atoms with Crippen LogP contribution in [0.1, 0.15) is 5.69 Å². The minimum Gasteiger partial charge on any atom is -0.348 e. The van der Waals surface area contributed by atoms with Crippen molar-refractivity contribution in [3.63, 3.8) is 0 Å². The zero-order valence-corrected chi connectivity index (χ0v) is 7.79. The molecular weight excluding hydrogens is 228 g/mol. The van der Waals surface area contributed by atoms with E-state index in [9.17, 15) is 17.6 Å². The molecule has 4 nitrogen and oxygen atoms in total. The summed E-state index contributed by atoms with van der Waals surface area (Å²) < 4.78 is 48.5. The molecule has 0 bridgehead atoms. The minimum atomic E-state index is -4.16. The van der Waals surface area contributed by atoms with Crippen LogP contribution in [0.25, 0.3) is 0 Å². The molecule has 16 heavy (non-hydrogen) atoms. The summed E-state index contributed by atoms with van der Waals surface area (Å²) in [5.74, 6) is -4.45. The molecule has 0 saturated carbocycles. The third-order valence-electron chi connectivity index (χ3n) is 1.57. The molecule has 0 aliphatic heterocycles. The minimum absolute atomic E-state index is 0.0436. The third kappa shape index (κ3) is 3.05. The van der Waals surface area contributed by atoms with E-state index in [1.54, 1.807) is 6.07 Å². The molecule has 0 unspecified atom stereocenters. The van der Waals surface area contributed by atoms with Crippen LogP contribution in [0.4, 0.5) is 23.5 Å². The first-order valence-corrected chi connectivity index (χ1v) is 4.08. The van der Waals surface area contributed by atoms with Gasteiger partial charge in [0.2, 0.25) is 5.95 Å². The van der Waals surface area contributed by atoms with Gasteiger partial charge in [-0.3, -0.25) is 0 Å². The fourth-order valence-electron chi connectivity index (χ4n) is 0.780. The summed E-state index contributed by atoms with van der Waals surface area (Å²) in [6.07, 6.45) is -2.60. The number of nitrogens with one attached hydrogen (secondary N) is 1. The molecule has 0 saturated heterocycles. The molecule has 1 N–H and O–H groups in total. The van der Waals surface area contributed by atoms with Gasteiger partial charge in [-0.1, -0.05) is 0 Å². The lowest BCUT2D eigenvalue weighted by Crippen LogP contribution is -2.35. The van der Waals surface area contributed by atoms with Crippen LogP contribution >= 0.6 is 0 Å². The van der Waals surface area contributed by atoms with Crippen LogP contribution in [-0.2, 0) is 0 Å². The number of nitriles is 1. The van der Waals surface area contributed by atoms with E-state index < -0.39 is 18.9 Å². The molecule has 0 aliphatic carbocycles. The number of hydrogen-bond acceptors (Lipinski definition) is 4. The average molecular weight is 234 g/mol. The third-order valence-corrected chi connectivity index (χ3v) is 1.57. The summed E-state index contributed by atoms with van der Waals surface area (Å²) >= 11 is 0. The van der Waals surface area contributed by atoms with Gasteiger partial charge in [0.25, 0.3) is 0 Å². The van der Waals surface area contributed by atoms with Crippen molar-refractivity contribution in [3.8, 4) is 6.07 Å². The highest BCUT2D eigenvalue weighted by molar-refractivity contribution is 5.30.